The average Bonchev–Trinajstić information content (AvgIpc) is 2.77. The van der Waals surface area contributed by atoms with Crippen LogP contribution in [-0.4, -0.2) is 54.0 Å². The van der Waals surface area contributed by atoms with Crippen LogP contribution in [0.25, 0.3) is 0 Å². The molecule has 0 radical (unpaired) electrons. The maximum Gasteiger partial charge on any atom is 0.225 e. The molecule has 3 N–H and O–H groups in total. The first-order chi connectivity index (χ1) is 8.93. The molecule has 1 unspecified atom stereocenters. The molecule has 1 aliphatic rings. The van der Waals surface area contributed by atoms with E-state index >= 15 is 0 Å². The highest BCUT2D eigenvalue weighted by Gasteiger charge is 2.31. The van der Waals surface area contributed by atoms with Crippen LogP contribution in [0.15, 0.2) is 17.4 Å². The minimum Gasteiger partial charge on any atom is -0.409 e. The molecule has 1 aromatic rings. The van der Waals surface area contributed by atoms with Gasteiger partial charge in [-0.15, -0.1) is 0 Å². The van der Waals surface area contributed by atoms with Crippen LogP contribution in [0.4, 0.5) is 5.95 Å². The fourth-order valence-electron chi connectivity index (χ4n) is 1.96. The van der Waals surface area contributed by atoms with Crippen molar-refractivity contribution in [3.63, 3.8) is 0 Å². The molecule has 19 heavy (non-hydrogen) atoms. The standard InChI is InChI=1S/C10H15N5O3S/c1-15(7-3-5-19(17,18)6-7)10-12-4-2-8(13-10)9(11)14-16/h2,4,7,16H,3,5-6H2,1H3,(H2,11,14). The van der Waals surface area contributed by atoms with Gasteiger partial charge in [-0.05, 0) is 12.5 Å². The summed E-state index contributed by atoms with van der Waals surface area (Å²) in [5.41, 5.74) is 5.75. The van der Waals surface area contributed by atoms with E-state index in [2.05, 4.69) is 15.1 Å². The Hall–Kier alpha value is -1.90. The summed E-state index contributed by atoms with van der Waals surface area (Å²) in [7, 11) is -1.23. The molecule has 0 amide bonds. The zero-order valence-corrected chi connectivity index (χ0v) is 11.2. The molecule has 0 aliphatic carbocycles. The maximum absolute atomic E-state index is 11.5. The molecule has 1 fully saturated rings. The second-order valence-electron chi connectivity index (χ2n) is 4.39. The van der Waals surface area contributed by atoms with Crippen LogP contribution in [0, 0.1) is 0 Å². The molecule has 1 atom stereocenters. The number of nitrogens with two attached hydrogens (primary N) is 1. The number of anilines is 1. The lowest BCUT2D eigenvalue weighted by Gasteiger charge is -2.23. The van der Waals surface area contributed by atoms with Gasteiger partial charge in [-0.2, -0.15) is 0 Å². The number of nitrogens with zero attached hydrogens (tertiary/aromatic N) is 4. The molecule has 0 aromatic carbocycles. The average molecular weight is 285 g/mol. The zero-order valence-electron chi connectivity index (χ0n) is 10.4. The van der Waals surface area contributed by atoms with Gasteiger partial charge in [-0.25, -0.2) is 18.4 Å². The van der Waals surface area contributed by atoms with Crippen molar-refractivity contribution in [1.82, 2.24) is 9.97 Å². The van der Waals surface area contributed by atoms with Gasteiger partial charge in [0.15, 0.2) is 15.7 Å². The number of aromatic nitrogens is 2. The van der Waals surface area contributed by atoms with Gasteiger partial charge in [0.2, 0.25) is 5.95 Å². The topological polar surface area (TPSA) is 122 Å². The molecule has 104 valence electrons. The van der Waals surface area contributed by atoms with Crippen molar-refractivity contribution in [3.05, 3.63) is 18.0 Å². The Labute approximate surface area is 110 Å². The van der Waals surface area contributed by atoms with Crippen molar-refractivity contribution in [3.8, 4) is 0 Å². The first-order valence-corrected chi connectivity index (χ1v) is 7.49. The van der Waals surface area contributed by atoms with E-state index in [9.17, 15) is 8.42 Å². The third kappa shape index (κ3) is 2.92. The summed E-state index contributed by atoms with van der Waals surface area (Å²) >= 11 is 0. The minimum absolute atomic E-state index is 0.0979. The first kappa shape index (κ1) is 13.5. The summed E-state index contributed by atoms with van der Waals surface area (Å²) in [6, 6.07) is 1.37. The van der Waals surface area contributed by atoms with Crippen LogP contribution in [0.1, 0.15) is 12.1 Å². The normalized spacial score (nSPS) is 22.4. The Morgan fingerprint density at radius 3 is 2.95 bits per heavy atom. The lowest BCUT2D eigenvalue weighted by Crippen LogP contribution is -2.34. The van der Waals surface area contributed by atoms with E-state index in [1.54, 1.807) is 11.9 Å². The molecule has 8 nitrogen and oxygen atoms in total. The first-order valence-electron chi connectivity index (χ1n) is 5.67. The molecule has 1 saturated heterocycles. The van der Waals surface area contributed by atoms with Gasteiger partial charge in [0.1, 0.15) is 5.69 Å². The van der Waals surface area contributed by atoms with E-state index in [1.807, 2.05) is 0 Å². The fourth-order valence-corrected chi connectivity index (χ4v) is 3.73. The molecule has 1 aromatic heterocycles. The summed E-state index contributed by atoms with van der Waals surface area (Å²) in [4.78, 5) is 9.92. The summed E-state index contributed by atoms with van der Waals surface area (Å²) in [6.45, 7) is 0. The van der Waals surface area contributed by atoms with Crippen molar-refractivity contribution >= 4 is 21.6 Å². The lowest BCUT2D eigenvalue weighted by molar-refractivity contribution is 0.318. The summed E-state index contributed by atoms with van der Waals surface area (Å²) < 4.78 is 22.9. The predicted octanol–water partition coefficient (Wildman–Crippen LogP) is -0.806. The van der Waals surface area contributed by atoms with Crippen molar-refractivity contribution in [1.29, 1.82) is 0 Å². The monoisotopic (exact) mass is 285 g/mol. The summed E-state index contributed by atoms with van der Waals surface area (Å²) in [6.07, 6.45) is 2.03. The highest BCUT2D eigenvalue weighted by atomic mass is 32.2. The minimum atomic E-state index is -2.97. The van der Waals surface area contributed by atoms with Crippen LogP contribution < -0.4 is 10.6 Å². The van der Waals surface area contributed by atoms with Gasteiger partial charge in [0, 0.05) is 19.3 Å². The Morgan fingerprint density at radius 2 is 2.37 bits per heavy atom. The van der Waals surface area contributed by atoms with Gasteiger partial charge in [0.25, 0.3) is 0 Å². The van der Waals surface area contributed by atoms with Crippen molar-refractivity contribution in [2.75, 3.05) is 23.5 Å². The Kier molecular flexibility index (Phi) is 3.56. The fraction of sp³-hybridized carbons (Fsp3) is 0.500. The third-order valence-corrected chi connectivity index (χ3v) is 4.83. The van der Waals surface area contributed by atoms with Crippen LogP contribution in [-0.2, 0) is 9.84 Å². The highest BCUT2D eigenvalue weighted by molar-refractivity contribution is 7.91. The van der Waals surface area contributed by atoms with Gasteiger partial charge in [-0.1, -0.05) is 5.16 Å². The van der Waals surface area contributed by atoms with Gasteiger partial charge in [-0.3, -0.25) is 0 Å². The molecule has 0 spiro atoms. The molecule has 2 rings (SSSR count). The quantitative estimate of drug-likeness (QED) is 0.322. The second-order valence-corrected chi connectivity index (χ2v) is 6.62. The number of sulfone groups is 1. The Balaban J connectivity index is 2.23. The van der Waals surface area contributed by atoms with Gasteiger partial charge < -0.3 is 15.8 Å². The van der Waals surface area contributed by atoms with Crippen LogP contribution in [0.5, 0.6) is 0 Å². The number of rotatable bonds is 3. The maximum atomic E-state index is 11.5. The molecule has 0 saturated carbocycles. The lowest BCUT2D eigenvalue weighted by atomic mass is 10.2. The van der Waals surface area contributed by atoms with E-state index in [4.69, 9.17) is 10.9 Å². The number of oxime groups is 1. The van der Waals surface area contributed by atoms with Crippen LogP contribution >= 0.6 is 0 Å². The van der Waals surface area contributed by atoms with Crippen molar-refractivity contribution in [2.45, 2.75) is 12.5 Å². The van der Waals surface area contributed by atoms with E-state index in [-0.39, 0.29) is 23.4 Å². The number of amidine groups is 1. The molecule has 9 heteroatoms. The van der Waals surface area contributed by atoms with Crippen LogP contribution in [0.2, 0.25) is 0 Å². The van der Waals surface area contributed by atoms with Crippen molar-refractivity contribution in [2.24, 2.45) is 10.9 Å². The SMILES string of the molecule is CN(c1nccc(/C(N)=N/O)n1)C1CCS(=O)(=O)C1. The zero-order chi connectivity index (χ0) is 14.0. The van der Waals surface area contributed by atoms with E-state index in [0.717, 1.165) is 0 Å². The van der Waals surface area contributed by atoms with E-state index < -0.39 is 9.84 Å². The molecular weight excluding hydrogens is 270 g/mol. The van der Waals surface area contributed by atoms with Gasteiger partial charge in [0.05, 0.1) is 11.5 Å². The molecule has 2 heterocycles. The molecule has 0 bridgehead atoms. The number of hydrogen-bond acceptors (Lipinski definition) is 7. The van der Waals surface area contributed by atoms with Crippen molar-refractivity contribution < 1.29 is 13.6 Å². The third-order valence-electron chi connectivity index (χ3n) is 3.08. The summed E-state index contributed by atoms with van der Waals surface area (Å²) in [5, 5.41) is 11.5. The van der Waals surface area contributed by atoms with E-state index in [1.165, 1.54) is 12.3 Å². The Bertz CT molecular complexity index is 601. The smallest absolute Gasteiger partial charge is 0.225 e. The van der Waals surface area contributed by atoms with Gasteiger partial charge >= 0.3 is 0 Å². The Morgan fingerprint density at radius 1 is 1.63 bits per heavy atom. The van der Waals surface area contributed by atoms with Crippen LogP contribution in [0.3, 0.4) is 0 Å². The molecule has 1 aliphatic heterocycles. The predicted molar refractivity (Wildman–Crippen MR) is 70.0 cm³/mol. The summed E-state index contributed by atoms with van der Waals surface area (Å²) in [5.74, 6) is 0.519. The number of hydrogen-bond donors (Lipinski definition) is 2. The largest absolute Gasteiger partial charge is 0.409 e. The van der Waals surface area contributed by atoms with E-state index in [0.29, 0.717) is 18.1 Å². The highest BCUT2D eigenvalue weighted by Crippen LogP contribution is 2.19. The molecular formula is C10H15N5O3S. The second kappa shape index (κ2) is 5.00.